The number of carbonyl (C=O) groups is 2. The molecule has 0 saturated heterocycles. The molecule has 69 heavy (non-hydrogen) atoms. The highest BCUT2D eigenvalue weighted by Crippen LogP contribution is 2.19. The summed E-state index contributed by atoms with van der Waals surface area (Å²) in [6, 6.07) is -0.540. The van der Waals surface area contributed by atoms with Crippen molar-refractivity contribution in [3.63, 3.8) is 0 Å². The molecule has 0 aliphatic rings. The van der Waals surface area contributed by atoms with Crippen LogP contribution in [-0.2, 0) is 14.3 Å². The van der Waals surface area contributed by atoms with Gasteiger partial charge in [-0.2, -0.15) is 0 Å². The third-order valence-electron chi connectivity index (χ3n) is 15.2. The highest BCUT2D eigenvalue weighted by Gasteiger charge is 2.20. The van der Waals surface area contributed by atoms with Gasteiger partial charge in [-0.3, -0.25) is 9.59 Å². The molecule has 0 aliphatic carbocycles. The minimum atomic E-state index is -0.663. The van der Waals surface area contributed by atoms with Gasteiger partial charge in [0.05, 0.1) is 25.4 Å². The average Bonchev–Trinajstić information content (AvgIpc) is 3.35. The number of aliphatic hydroxyl groups excluding tert-OH is 2. The first kappa shape index (κ1) is 67.9. The lowest BCUT2D eigenvalue weighted by atomic mass is 10.0. The van der Waals surface area contributed by atoms with Gasteiger partial charge in [0.25, 0.3) is 0 Å². The average molecular weight is 977 g/mol. The van der Waals surface area contributed by atoms with E-state index >= 15 is 0 Å². The molecule has 2 unspecified atom stereocenters. The molecule has 0 fully saturated rings. The van der Waals surface area contributed by atoms with Gasteiger partial charge >= 0.3 is 5.97 Å². The van der Waals surface area contributed by atoms with Gasteiger partial charge in [0.15, 0.2) is 0 Å². The quantitative estimate of drug-likeness (QED) is 0.0417. The number of carbonyl (C=O) groups excluding carboxylic acids is 2. The summed E-state index contributed by atoms with van der Waals surface area (Å²) in [5, 5.41) is 23.3. The molecule has 0 aliphatic heterocycles. The summed E-state index contributed by atoms with van der Waals surface area (Å²) in [4.78, 5) is 24.5. The molecule has 412 valence electrons. The predicted molar refractivity (Wildman–Crippen MR) is 301 cm³/mol. The van der Waals surface area contributed by atoms with Crippen molar-refractivity contribution in [1.82, 2.24) is 5.32 Å². The highest BCUT2D eigenvalue weighted by molar-refractivity contribution is 5.76. The second kappa shape index (κ2) is 59.4. The Labute approximate surface area is 432 Å². The molecule has 6 heteroatoms. The maximum absolute atomic E-state index is 12.5. The zero-order valence-electron chi connectivity index (χ0n) is 47.1. The summed E-state index contributed by atoms with van der Waals surface area (Å²) >= 11 is 0. The van der Waals surface area contributed by atoms with Crippen molar-refractivity contribution in [2.45, 2.75) is 379 Å². The summed E-state index contributed by atoms with van der Waals surface area (Å²) in [5.41, 5.74) is 0. The lowest BCUT2D eigenvalue weighted by Gasteiger charge is -2.22. The molecule has 6 nitrogen and oxygen atoms in total. The van der Waals surface area contributed by atoms with Crippen LogP contribution in [0.4, 0.5) is 0 Å². The number of amides is 1. The third-order valence-corrected chi connectivity index (χ3v) is 15.2. The topological polar surface area (TPSA) is 95.9 Å². The van der Waals surface area contributed by atoms with Crippen molar-refractivity contribution in [3.8, 4) is 0 Å². The molecule has 0 aromatic heterocycles. The normalized spacial score (nSPS) is 12.5. The van der Waals surface area contributed by atoms with E-state index in [4.69, 9.17) is 4.74 Å². The van der Waals surface area contributed by atoms with Crippen molar-refractivity contribution in [3.05, 3.63) is 0 Å². The van der Waals surface area contributed by atoms with E-state index in [1.807, 2.05) is 0 Å². The zero-order chi connectivity index (χ0) is 50.0. The van der Waals surface area contributed by atoms with Gasteiger partial charge in [0, 0.05) is 12.8 Å². The number of nitrogens with one attached hydrogen (secondary N) is 1. The van der Waals surface area contributed by atoms with Gasteiger partial charge in [-0.15, -0.1) is 0 Å². The lowest BCUT2D eigenvalue weighted by molar-refractivity contribution is -0.143. The largest absolute Gasteiger partial charge is 0.466 e. The molecule has 0 rings (SSSR count). The van der Waals surface area contributed by atoms with E-state index in [1.54, 1.807) is 0 Å². The van der Waals surface area contributed by atoms with Gasteiger partial charge < -0.3 is 20.3 Å². The second-order valence-electron chi connectivity index (χ2n) is 22.1. The van der Waals surface area contributed by atoms with Crippen molar-refractivity contribution >= 4 is 11.9 Å². The molecular weight excluding hydrogens is 851 g/mol. The van der Waals surface area contributed by atoms with Crippen LogP contribution in [-0.4, -0.2) is 47.4 Å². The third kappa shape index (κ3) is 56.0. The van der Waals surface area contributed by atoms with Crippen LogP contribution in [0.5, 0.6) is 0 Å². The molecule has 2 atom stereocenters. The SMILES string of the molecule is CCCCCCCCCCCCCCCCCCCC(O)C(CO)NC(=O)CCCCCCCCCCCCCCCCCCCCCCCCOC(=O)CCCCCCCCCCCCCCC. The summed E-state index contributed by atoms with van der Waals surface area (Å²) < 4.78 is 5.48. The number of hydrogen-bond acceptors (Lipinski definition) is 5. The molecule has 0 aromatic carbocycles. The van der Waals surface area contributed by atoms with Crippen molar-refractivity contribution in [1.29, 1.82) is 0 Å². The number of hydrogen-bond donors (Lipinski definition) is 3. The summed E-state index contributed by atoms with van der Waals surface area (Å²) in [6.45, 7) is 4.99. The molecule has 0 bridgehead atoms. The minimum absolute atomic E-state index is 0.0159. The summed E-state index contributed by atoms with van der Waals surface area (Å²) in [6.07, 6.45) is 69.7. The van der Waals surface area contributed by atoms with E-state index < -0.39 is 12.1 Å². The Bertz CT molecular complexity index is 990. The molecule has 0 saturated carbocycles. The Balaban J connectivity index is 3.36. The van der Waals surface area contributed by atoms with Gasteiger partial charge in [0.1, 0.15) is 0 Å². The Morgan fingerprint density at radius 1 is 0.348 bits per heavy atom. The fourth-order valence-electron chi connectivity index (χ4n) is 10.3. The first-order valence-corrected chi connectivity index (χ1v) is 31.8. The van der Waals surface area contributed by atoms with Crippen molar-refractivity contribution in [2.75, 3.05) is 13.2 Å². The Morgan fingerprint density at radius 3 is 0.884 bits per heavy atom. The summed E-state index contributed by atoms with van der Waals surface area (Å²) in [7, 11) is 0. The molecule has 3 N–H and O–H groups in total. The van der Waals surface area contributed by atoms with E-state index in [0.29, 0.717) is 25.9 Å². The highest BCUT2D eigenvalue weighted by atomic mass is 16.5. The minimum Gasteiger partial charge on any atom is -0.466 e. The van der Waals surface area contributed by atoms with Gasteiger partial charge in [-0.25, -0.2) is 0 Å². The number of aliphatic hydroxyl groups is 2. The standard InChI is InChI=1S/C63H125NO5/c1-3-5-7-9-11-13-15-17-18-25-28-32-35-39-43-47-51-55-61(66)60(59-65)64-62(67)56-52-48-44-40-36-33-29-26-23-21-19-20-22-24-27-30-34-38-42-46-50-54-58-69-63(68)57-53-49-45-41-37-31-16-14-12-10-8-6-4-2/h60-61,65-66H,3-59H2,1-2H3,(H,64,67). The smallest absolute Gasteiger partial charge is 0.305 e. The monoisotopic (exact) mass is 976 g/mol. The maximum Gasteiger partial charge on any atom is 0.305 e. The van der Waals surface area contributed by atoms with Gasteiger partial charge in [-0.1, -0.05) is 328 Å². The zero-order valence-corrected chi connectivity index (χ0v) is 47.1. The van der Waals surface area contributed by atoms with Crippen molar-refractivity contribution < 1.29 is 24.5 Å². The van der Waals surface area contributed by atoms with E-state index in [1.165, 1.54) is 295 Å². The van der Waals surface area contributed by atoms with E-state index in [9.17, 15) is 19.8 Å². The lowest BCUT2D eigenvalue weighted by Crippen LogP contribution is -2.45. The molecule has 0 radical (unpaired) electrons. The van der Waals surface area contributed by atoms with Crippen LogP contribution < -0.4 is 5.32 Å². The van der Waals surface area contributed by atoms with E-state index in [2.05, 4.69) is 19.2 Å². The number of esters is 1. The molecule has 0 aromatic rings. The number of unbranched alkanes of at least 4 members (excludes halogenated alkanes) is 49. The fraction of sp³-hybridized carbons (Fsp3) is 0.968. The van der Waals surface area contributed by atoms with Crippen LogP contribution in [0.2, 0.25) is 0 Å². The van der Waals surface area contributed by atoms with Crippen LogP contribution in [0.1, 0.15) is 367 Å². The predicted octanol–water partition coefficient (Wildman–Crippen LogP) is 19.9. The maximum atomic E-state index is 12.5. The van der Waals surface area contributed by atoms with Crippen LogP contribution in [0, 0.1) is 0 Å². The molecule has 1 amide bonds. The number of rotatable bonds is 60. The Morgan fingerprint density at radius 2 is 0.594 bits per heavy atom. The second-order valence-corrected chi connectivity index (χ2v) is 22.1. The first-order chi connectivity index (χ1) is 34.0. The van der Waals surface area contributed by atoms with Crippen LogP contribution in [0.25, 0.3) is 0 Å². The van der Waals surface area contributed by atoms with Crippen LogP contribution in [0.3, 0.4) is 0 Å². The summed E-state index contributed by atoms with van der Waals surface area (Å²) in [5.74, 6) is -0.0153. The van der Waals surface area contributed by atoms with Crippen molar-refractivity contribution in [2.24, 2.45) is 0 Å². The molecule has 0 spiro atoms. The van der Waals surface area contributed by atoms with Gasteiger partial charge in [0.2, 0.25) is 5.91 Å². The van der Waals surface area contributed by atoms with E-state index in [-0.39, 0.29) is 18.5 Å². The molecule has 0 heterocycles. The van der Waals surface area contributed by atoms with Gasteiger partial charge in [-0.05, 0) is 25.7 Å². The van der Waals surface area contributed by atoms with Crippen LogP contribution in [0.15, 0.2) is 0 Å². The Hall–Kier alpha value is -1.14. The number of ether oxygens (including phenoxy) is 1. The fourth-order valence-corrected chi connectivity index (χ4v) is 10.3. The Kier molecular flexibility index (Phi) is 58.4. The van der Waals surface area contributed by atoms with Crippen LogP contribution >= 0.6 is 0 Å². The molecular formula is C63H125NO5. The first-order valence-electron chi connectivity index (χ1n) is 31.8. The van der Waals surface area contributed by atoms with E-state index in [0.717, 1.165) is 38.5 Å².